The van der Waals surface area contributed by atoms with Gasteiger partial charge in [-0.25, -0.2) is 0 Å². The normalized spacial score (nSPS) is 10.9. The highest BCUT2D eigenvalue weighted by Gasteiger charge is 2.17. The Morgan fingerprint density at radius 2 is 1.63 bits per heavy atom. The minimum absolute atomic E-state index is 0.0111. The number of phenols is 1. The number of rotatable bonds is 11. The van der Waals surface area contributed by atoms with Gasteiger partial charge in [0.2, 0.25) is 5.91 Å². The molecule has 0 saturated heterocycles. The lowest BCUT2D eigenvalue weighted by Gasteiger charge is -2.13. The maximum absolute atomic E-state index is 13.4. The number of amides is 3. The molecular formula is C32H28ClN3O6S. The molecule has 0 heterocycles. The van der Waals surface area contributed by atoms with Crippen molar-refractivity contribution in [2.45, 2.75) is 4.90 Å². The van der Waals surface area contributed by atoms with Crippen molar-refractivity contribution in [1.29, 1.82) is 0 Å². The molecule has 0 aliphatic carbocycles. The average Bonchev–Trinajstić information content (AvgIpc) is 3.01. The molecule has 0 radical (unpaired) electrons. The van der Waals surface area contributed by atoms with Crippen LogP contribution in [0.15, 0.2) is 102 Å². The van der Waals surface area contributed by atoms with Gasteiger partial charge >= 0.3 is 0 Å². The highest BCUT2D eigenvalue weighted by Crippen LogP contribution is 2.29. The van der Waals surface area contributed by atoms with Crippen LogP contribution in [0.4, 0.5) is 11.4 Å². The minimum Gasteiger partial charge on any atom is -0.508 e. The van der Waals surface area contributed by atoms with Gasteiger partial charge in [0.1, 0.15) is 22.9 Å². The van der Waals surface area contributed by atoms with E-state index in [1.165, 1.54) is 44.2 Å². The molecule has 4 N–H and O–H groups in total. The Bertz CT molecular complexity index is 1660. The van der Waals surface area contributed by atoms with E-state index in [0.29, 0.717) is 39.0 Å². The zero-order valence-electron chi connectivity index (χ0n) is 23.2. The van der Waals surface area contributed by atoms with E-state index in [-0.39, 0.29) is 23.1 Å². The summed E-state index contributed by atoms with van der Waals surface area (Å²) in [5.41, 5.74) is 1.69. The molecule has 43 heavy (non-hydrogen) atoms. The molecule has 4 rings (SSSR count). The third-order valence-electron chi connectivity index (χ3n) is 5.94. The zero-order valence-corrected chi connectivity index (χ0v) is 24.8. The van der Waals surface area contributed by atoms with E-state index in [1.807, 2.05) is 6.07 Å². The third kappa shape index (κ3) is 8.78. The number of phenolic OH excluding ortho intramolecular Hbond substituents is 1. The van der Waals surface area contributed by atoms with Crippen molar-refractivity contribution in [3.05, 3.63) is 113 Å². The van der Waals surface area contributed by atoms with Gasteiger partial charge in [-0.2, -0.15) is 0 Å². The summed E-state index contributed by atoms with van der Waals surface area (Å²) in [4.78, 5) is 39.7. The van der Waals surface area contributed by atoms with E-state index < -0.39 is 11.8 Å². The summed E-state index contributed by atoms with van der Waals surface area (Å²) in [6, 6.07) is 24.8. The number of nitrogens with one attached hydrogen (secondary N) is 3. The van der Waals surface area contributed by atoms with E-state index in [4.69, 9.17) is 21.1 Å². The Morgan fingerprint density at radius 1 is 0.860 bits per heavy atom. The molecule has 4 aromatic rings. The first-order valence-corrected chi connectivity index (χ1v) is 14.2. The first-order valence-electron chi connectivity index (χ1n) is 12.9. The van der Waals surface area contributed by atoms with Crippen LogP contribution in [0.25, 0.3) is 6.08 Å². The highest BCUT2D eigenvalue weighted by molar-refractivity contribution is 8.00. The average molecular weight is 618 g/mol. The largest absolute Gasteiger partial charge is 0.508 e. The standard InChI is InChI=1S/C32H28ClN3O6S/c1-41-28-14-12-22(33)16-26(28)35-30(38)19-43-25-10-6-9-23(17-25)34-32(40)27(36-31(39)20-7-4-3-5-8-20)15-21-11-13-24(37)18-29(21)42-2/h3-18,37H,19H2,1-2H3,(H,34,40)(H,35,38)(H,36,39)/b27-15+. The topological polar surface area (TPSA) is 126 Å². The first kappa shape index (κ1) is 31.0. The van der Waals surface area contributed by atoms with Crippen molar-refractivity contribution in [1.82, 2.24) is 5.32 Å². The minimum atomic E-state index is -0.590. The fourth-order valence-electron chi connectivity index (χ4n) is 3.89. The molecular weight excluding hydrogens is 590 g/mol. The van der Waals surface area contributed by atoms with Crippen molar-refractivity contribution in [2.24, 2.45) is 0 Å². The van der Waals surface area contributed by atoms with Gasteiger partial charge < -0.3 is 30.5 Å². The lowest BCUT2D eigenvalue weighted by Crippen LogP contribution is -2.30. The Morgan fingerprint density at radius 3 is 2.37 bits per heavy atom. The van der Waals surface area contributed by atoms with Gasteiger partial charge in [-0.05, 0) is 66.7 Å². The van der Waals surface area contributed by atoms with Crippen LogP contribution >= 0.6 is 23.4 Å². The van der Waals surface area contributed by atoms with E-state index >= 15 is 0 Å². The molecule has 11 heteroatoms. The Kier molecular flexibility index (Phi) is 10.7. The van der Waals surface area contributed by atoms with Crippen molar-refractivity contribution >= 4 is 58.5 Å². The SMILES string of the molecule is COc1cc(O)ccc1/C=C(/NC(=O)c1ccccc1)C(=O)Nc1cccc(SCC(=O)Nc2cc(Cl)ccc2OC)c1. The number of halogens is 1. The molecule has 0 aromatic heterocycles. The van der Waals surface area contributed by atoms with E-state index in [2.05, 4.69) is 16.0 Å². The summed E-state index contributed by atoms with van der Waals surface area (Å²) in [6.45, 7) is 0. The van der Waals surface area contributed by atoms with Gasteiger partial charge in [0.05, 0.1) is 25.7 Å². The molecule has 0 aliphatic rings. The number of methoxy groups -OCH3 is 2. The smallest absolute Gasteiger partial charge is 0.272 e. The van der Waals surface area contributed by atoms with Crippen LogP contribution in [-0.2, 0) is 9.59 Å². The second kappa shape index (κ2) is 14.8. The van der Waals surface area contributed by atoms with Crippen LogP contribution in [-0.4, -0.2) is 42.8 Å². The molecule has 220 valence electrons. The van der Waals surface area contributed by atoms with Crippen LogP contribution in [0, 0.1) is 0 Å². The Balaban J connectivity index is 1.49. The molecule has 0 spiro atoms. The number of carbonyl (C=O) groups is 3. The predicted octanol–water partition coefficient (Wildman–Crippen LogP) is 6.20. The number of aromatic hydroxyl groups is 1. The number of hydrogen-bond acceptors (Lipinski definition) is 7. The number of anilines is 2. The van der Waals surface area contributed by atoms with Crippen LogP contribution in [0.2, 0.25) is 5.02 Å². The fourth-order valence-corrected chi connectivity index (χ4v) is 4.82. The molecule has 0 saturated carbocycles. The second-order valence-electron chi connectivity index (χ2n) is 8.97. The van der Waals surface area contributed by atoms with Crippen LogP contribution in [0.1, 0.15) is 15.9 Å². The molecule has 0 bridgehead atoms. The maximum atomic E-state index is 13.4. The second-order valence-corrected chi connectivity index (χ2v) is 10.5. The fraction of sp³-hybridized carbons (Fsp3) is 0.0938. The van der Waals surface area contributed by atoms with Crippen molar-refractivity contribution < 1.29 is 29.0 Å². The van der Waals surface area contributed by atoms with Crippen molar-refractivity contribution in [3.63, 3.8) is 0 Å². The van der Waals surface area contributed by atoms with Gasteiger partial charge in [-0.3, -0.25) is 14.4 Å². The van der Waals surface area contributed by atoms with Gasteiger partial charge in [0.15, 0.2) is 0 Å². The van der Waals surface area contributed by atoms with Gasteiger partial charge in [0, 0.05) is 32.8 Å². The lowest BCUT2D eigenvalue weighted by atomic mass is 10.1. The summed E-state index contributed by atoms with van der Waals surface area (Å²) >= 11 is 7.32. The number of ether oxygens (including phenoxy) is 2. The summed E-state index contributed by atoms with van der Waals surface area (Å²) in [5.74, 6) is -0.461. The van der Waals surface area contributed by atoms with Crippen LogP contribution in [0.5, 0.6) is 17.2 Å². The maximum Gasteiger partial charge on any atom is 0.272 e. The third-order valence-corrected chi connectivity index (χ3v) is 7.17. The van der Waals surface area contributed by atoms with Gasteiger partial charge in [-0.15, -0.1) is 11.8 Å². The molecule has 9 nitrogen and oxygen atoms in total. The monoisotopic (exact) mass is 617 g/mol. The van der Waals surface area contributed by atoms with Gasteiger partial charge in [-0.1, -0.05) is 35.9 Å². The quantitative estimate of drug-likeness (QED) is 0.117. The summed E-state index contributed by atoms with van der Waals surface area (Å²) < 4.78 is 10.6. The van der Waals surface area contributed by atoms with Crippen molar-refractivity contribution in [3.8, 4) is 17.2 Å². The molecule has 0 atom stereocenters. The van der Waals surface area contributed by atoms with E-state index in [9.17, 15) is 19.5 Å². The van der Waals surface area contributed by atoms with E-state index in [1.54, 1.807) is 72.8 Å². The highest BCUT2D eigenvalue weighted by atomic mass is 35.5. The molecule has 3 amide bonds. The van der Waals surface area contributed by atoms with Crippen molar-refractivity contribution in [2.75, 3.05) is 30.6 Å². The zero-order chi connectivity index (χ0) is 30.8. The summed E-state index contributed by atoms with van der Waals surface area (Å²) in [7, 11) is 2.94. The van der Waals surface area contributed by atoms with Gasteiger partial charge in [0.25, 0.3) is 11.8 Å². The molecule has 4 aromatic carbocycles. The number of hydrogen-bond donors (Lipinski definition) is 4. The molecule has 0 fully saturated rings. The summed E-state index contributed by atoms with van der Waals surface area (Å²) in [6.07, 6.45) is 1.46. The first-order chi connectivity index (χ1) is 20.7. The van der Waals surface area contributed by atoms with Crippen LogP contribution in [0.3, 0.4) is 0 Å². The van der Waals surface area contributed by atoms with E-state index in [0.717, 1.165) is 4.90 Å². The summed E-state index contributed by atoms with van der Waals surface area (Å²) in [5, 5.41) is 18.6. The lowest BCUT2D eigenvalue weighted by molar-refractivity contribution is -0.114. The Labute approximate surface area is 257 Å². The predicted molar refractivity (Wildman–Crippen MR) is 169 cm³/mol. The Hall–Kier alpha value is -4.93. The number of benzene rings is 4. The molecule has 0 aliphatic heterocycles. The molecule has 0 unspecified atom stereocenters. The number of carbonyl (C=O) groups excluding carboxylic acids is 3. The van der Waals surface area contributed by atoms with Crippen LogP contribution < -0.4 is 25.4 Å². The number of thioether (sulfide) groups is 1.